The number of hydrogen-bond donors (Lipinski definition) is 0. The summed E-state index contributed by atoms with van der Waals surface area (Å²) in [5.41, 5.74) is 0. The normalized spacial score (nSPS) is 21.8. The van der Waals surface area contributed by atoms with E-state index in [4.69, 9.17) is 9.47 Å². The zero-order valence-electron chi connectivity index (χ0n) is 16.7. The summed E-state index contributed by atoms with van der Waals surface area (Å²) in [6, 6.07) is 0. The molecule has 4 nitrogen and oxygen atoms in total. The molecule has 3 atom stereocenters. The molecule has 1 aliphatic carbocycles. The van der Waals surface area contributed by atoms with Gasteiger partial charge in [0.1, 0.15) is 0 Å². The molecule has 0 aliphatic heterocycles. The van der Waals surface area contributed by atoms with Crippen molar-refractivity contribution in [2.75, 3.05) is 13.2 Å². The Balaban J connectivity index is 2.50. The Hall–Kier alpha value is -1.06. The Morgan fingerprint density at radius 1 is 0.960 bits per heavy atom. The van der Waals surface area contributed by atoms with Crippen molar-refractivity contribution in [1.82, 2.24) is 0 Å². The lowest BCUT2D eigenvalue weighted by molar-refractivity contribution is -0.163. The van der Waals surface area contributed by atoms with E-state index in [1.54, 1.807) is 0 Å². The van der Waals surface area contributed by atoms with Crippen molar-refractivity contribution in [3.8, 4) is 0 Å². The van der Waals surface area contributed by atoms with E-state index in [1.165, 1.54) is 6.42 Å². The predicted molar refractivity (Wildman–Crippen MR) is 100 cm³/mol. The Bertz CT molecular complexity index is 391. The Morgan fingerprint density at radius 2 is 1.56 bits per heavy atom. The molecule has 1 rings (SSSR count). The van der Waals surface area contributed by atoms with Gasteiger partial charge in [0.15, 0.2) is 0 Å². The van der Waals surface area contributed by atoms with E-state index < -0.39 is 0 Å². The highest BCUT2D eigenvalue weighted by Gasteiger charge is 2.38. The first-order chi connectivity index (χ1) is 12.0. The van der Waals surface area contributed by atoms with Crippen LogP contribution in [0, 0.1) is 23.7 Å². The van der Waals surface area contributed by atoms with Crippen LogP contribution in [-0.4, -0.2) is 25.2 Å². The molecule has 25 heavy (non-hydrogen) atoms. The predicted octanol–water partition coefficient (Wildman–Crippen LogP) is 5.14. The Labute approximate surface area is 154 Å². The van der Waals surface area contributed by atoms with Crippen molar-refractivity contribution < 1.29 is 19.1 Å². The molecule has 0 radical (unpaired) electrons. The average molecular weight is 355 g/mol. The number of carbonyl (C=O) groups is 2. The maximum absolute atomic E-state index is 12.6. The zero-order chi connectivity index (χ0) is 18.7. The summed E-state index contributed by atoms with van der Waals surface area (Å²) < 4.78 is 11.0. The SMILES string of the molecule is CCCCC(CC)COC(=O)C1CCCCC1C(=O)OCCC(C)C. The van der Waals surface area contributed by atoms with E-state index >= 15 is 0 Å². The van der Waals surface area contributed by atoms with Crippen molar-refractivity contribution in [3.63, 3.8) is 0 Å². The second-order valence-corrected chi connectivity index (χ2v) is 7.89. The smallest absolute Gasteiger partial charge is 0.309 e. The van der Waals surface area contributed by atoms with E-state index in [1.807, 2.05) is 0 Å². The van der Waals surface area contributed by atoms with Crippen LogP contribution in [0.25, 0.3) is 0 Å². The number of ether oxygens (including phenoxy) is 2. The maximum Gasteiger partial charge on any atom is 0.309 e. The molecule has 0 N–H and O–H groups in total. The summed E-state index contributed by atoms with van der Waals surface area (Å²) in [5, 5.41) is 0. The highest BCUT2D eigenvalue weighted by Crippen LogP contribution is 2.32. The van der Waals surface area contributed by atoms with Gasteiger partial charge in [-0.2, -0.15) is 0 Å². The fourth-order valence-corrected chi connectivity index (χ4v) is 3.40. The monoisotopic (exact) mass is 354 g/mol. The first kappa shape index (κ1) is 22.0. The molecule has 0 aromatic heterocycles. The number of hydrogen-bond acceptors (Lipinski definition) is 4. The lowest BCUT2D eigenvalue weighted by atomic mass is 9.79. The molecule has 0 bridgehead atoms. The summed E-state index contributed by atoms with van der Waals surface area (Å²) in [7, 11) is 0. The summed E-state index contributed by atoms with van der Waals surface area (Å²) in [6.07, 6.45) is 8.79. The quantitative estimate of drug-likeness (QED) is 0.482. The lowest BCUT2D eigenvalue weighted by Crippen LogP contribution is -2.35. The van der Waals surface area contributed by atoms with E-state index in [2.05, 4.69) is 27.7 Å². The molecule has 1 fully saturated rings. The molecule has 146 valence electrons. The van der Waals surface area contributed by atoms with Gasteiger partial charge in [-0.3, -0.25) is 9.59 Å². The van der Waals surface area contributed by atoms with Gasteiger partial charge in [0.25, 0.3) is 0 Å². The molecular formula is C21H38O4. The highest BCUT2D eigenvalue weighted by atomic mass is 16.5. The van der Waals surface area contributed by atoms with Crippen LogP contribution in [0.4, 0.5) is 0 Å². The molecule has 0 spiro atoms. The average Bonchev–Trinajstić information content (AvgIpc) is 2.61. The molecule has 0 amide bonds. The third-order valence-electron chi connectivity index (χ3n) is 5.32. The van der Waals surface area contributed by atoms with E-state index in [-0.39, 0.29) is 23.8 Å². The van der Waals surface area contributed by atoms with Crippen LogP contribution < -0.4 is 0 Å². The topological polar surface area (TPSA) is 52.6 Å². The molecule has 1 saturated carbocycles. The van der Waals surface area contributed by atoms with Crippen LogP contribution in [0.3, 0.4) is 0 Å². The first-order valence-corrected chi connectivity index (χ1v) is 10.3. The Morgan fingerprint density at radius 3 is 2.08 bits per heavy atom. The molecule has 3 unspecified atom stereocenters. The molecule has 0 aromatic carbocycles. The Kier molecular flexibility index (Phi) is 10.8. The van der Waals surface area contributed by atoms with Gasteiger partial charge in [0, 0.05) is 0 Å². The molecule has 1 aliphatic rings. The highest BCUT2D eigenvalue weighted by molar-refractivity contribution is 5.82. The summed E-state index contributed by atoms with van der Waals surface area (Å²) in [5.74, 6) is -0.0909. The fourth-order valence-electron chi connectivity index (χ4n) is 3.40. The third kappa shape index (κ3) is 8.24. The van der Waals surface area contributed by atoms with Gasteiger partial charge in [-0.25, -0.2) is 0 Å². The third-order valence-corrected chi connectivity index (χ3v) is 5.32. The minimum absolute atomic E-state index is 0.194. The minimum atomic E-state index is -0.316. The standard InChI is InChI=1S/C21H38O4/c1-5-7-10-17(6-2)15-25-21(23)19-12-9-8-11-18(19)20(22)24-14-13-16(3)4/h16-19H,5-15H2,1-4H3. The van der Waals surface area contributed by atoms with Gasteiger partial charge >= 0.3 is 11.9 Å². The molecule has 0 heterocycles. The molecule has 0 aromatic rings. The molecule has 0 saturated heterocycles. The van der Waals surface area contributed by atoms with Gasteiger partial charge in [-0.05, 0) is 37.5 Å². The largest absolute Gasteiger partial charge is 0.465 e. The first-order valence-electron chi connectivity index (χ1n) is 10.3. The van der Waals surface area contributed by atoms with Crippen molar-refractivity contribution in [2.24, 2.45) is 23.7 Å². The number of rotatable bonds is 11. The van der Waals surface area contributed by atoms with Crippen LogP contribution in [0.15, 0.2) is 0 Å². The maximum atomic E-state index is 12.6. The lowest BCUT2D eigenvalue weighted by Gasteiger charge is -2.29. The second kappa shape index (κ2) is 12.3. The summed E-state index contributed by atoms with van der Waals surface area (Å²) in [6.45, 7) is 9.47. The van der Waals surface area contributed by atoms with Crippen molar-refractivity contribution >= 4 is 11.9 Å². The second-order valence-electron chi connectivity index (χ2n) is 7.89. The number of carbonyl (C=O) groups excluding carboxylic acids is 2. The summed E-state index contributed by atoms with van der Waals surface area (Å²) >= 11 is 0. The van der Waals surface area contributed by atoms with Gasteiger partial charge in [-0.1, -0.05) is 59.8 Å². The van der Waals surface area contributed by atoms with E-state index in [0.29, 0.717) is 25.0 Å². The van der Waals surface area contributed by atoms with Crippen LogP contribution >= 0.6 is 0 Å². The fraction of sp³-hybridized carbons (Fsp3) is 0.905. The van der Waals surface area contributed by atoms with Gasteiger partial charge < -0.3 is 9.47 Å². The van der Waals surface area contributed by atoms with Gasteiger partial charge in [0.05, 0.1) is 25.0 Å². The van der Waals surface area contributed by atoms with Gasteiger partial charge in [0.2, 0.25) is 0 Å². The number of esters is 2. The van der Waals surface area contributed by atoms with E-state index in [9.17, 15) is 9.59 Å². The van der Waals surface area contributed by atoms with Crippen LogP contribution in [0.5, 0.6) is 0 Å². The van der Waals surface area contributed by atoms with Gasteiger partial charge in [-0.15, -0.1) is 0 Å². The van der Waals surface area contributed by atoms with Crippen molar-refractivity contribution in [2.45, 2.75) is 85.5 Å². The van der Waals surface area contributed by atoms with Crippen LogP contribution in [0.1, 0.15) is 85.5 Å². The number of unbranched alkanes of at least 4 members (excludes halogenated alkanes) is 1. The molecule has 4 heteroatoms. The van der Waals surface area contributed by atoms with Crippen molar-refractivity contribution in [1.29, 1.82) is 0 Å². The summed E-state index contributed by atoms with van der Waals surface area (Å²) in [4.78, 5) is 25.0. The van der Waals surface area contributed by atoms with Crippen LogP contribution in [-0.2, 0) is 19.1 Å². The van der Waals surface area contributed by atoms with Crippen LogP contribution in [0.2, 0.25) is 0 Å². The van der Waals surface area contributed by atoms with E-state index in [0.717, 1.165) is 51.4 Å². The zero-order valence-corrected chi connectivity index (χ0v) is 16.7. The molecular weight excluding hydrogens is 316 g/mol. The minimum Gasteiger partial charge on any atom is -0.465 e. The van der Waals surface area contributed by atoms with Crippen molar-refractivity contribution in [3.05, 3.63) is 0 Å².